The lowest BCUT2D eigenvalue weighted by Crippen LogP contribution is -2.23. The Labute approximate surface area is 189 Å². The normalized spacial score (nSPS) is 10.9. The number of benzene rings is 2. The number of rotatable bonds is 7. The van der Waals surface area contributed by atoms with Crippen LogP contribution in [0.3, 0.4) is 0 Å². The molecule has 158 valence electrons. The summed E-state index contributed by atoms with van der Waals surface area (Å²) < 4.78 is 7.54. The standard InChI is InChI=1S/C25H20N4O2S/c30-25(26-15-21-7-4-14-32-21)23-12-13-29-24(28-23)22(16-27-29)19-8-10-20(11-9-19)31-17-18-5-2-1-3-6-18/h1-14,16H,15,17H2,(H,26,30). The van der Waals surface area contributed by atoms with Crippen LogP contribution in [0.4, 0.5) is 0 Å². The maximum atomic E-state index is 12.6. The highest BCUT2D eigenvalue weighted by Crippen LogP contribution is 2.26. The largest absolute Gasteiger partial charge is 0.489 e. The summed E-state index contributed by atoms with van der Waals surface area (Å²) in [6.07, 6.45) is 3.51. The highest BCUT2D eigenvalue weighted by atomic mass is 32.1. The zero-order valence-corrected chi connectivity index (χ0v) is 18.0. The van der Waals surface area contributed by atoms with Gasteiger partial charge in [0.1, 0.15) is 18.1 Å². The molecule has 3 heterocycles. The van der Waals surface area contributed by atoms with Crippen molar-refractivity contribution < 1.29 is 9.53 Å². The van der Waals surface area contributed by atoms with E-state index >= 15 is 0 Å². The van der Waals surface area contributed by atoms with E-state index in [-0.39, 0.29) is 5.91 Å². The highest BCUT2D eigenvalue weighted by Gasteiger charge is 2.13. The Bertz CT molecular complexity index is 1330. The molecule has 0 aliphatic carbocycles. The average molecular weight is 441 g/mol. The molecule has 0 unspecified atom stereocenters. The number of nitrogens with zero attached hydrogens (tertiary/aromatic N) is 3. The first-order chi connectivity index (χ1) is 15.8. The van der Waals surface area contributed by atoms with Gasteiger partial charge in [0.15, 0.2) is 5.65 Å². The maximum Gasteiger partial charge on any atom is 0.270 e. The van der Waals surface area contributed by atoms with Gasteiger partial charge in [-0.1, -0.05) is 48.5 Å². The Morgan fingerprint density at radius 1 is 1.00 bits per heavy atom. The molecule has 3 aromatic heterocycles. The van der Waals surface area contributed by atoms with Crippen LogP contribution >= 0.6 is 11.3 Å². The zero-order valence-electron chi connectivity index (χ0n) is 17.1. The predicted octanol–water partition coefficient (Wildman–Crippen LogP) is 4.97. The van der Waals surface area contributed by atoms with E-state index in [1.807, 2.05) is 72.1 Å². The van der Waals surface area contributed by atoms with Gasteiger partial charge >= 0.3 is 0 Å². The molecule has 2 aromatic carbocycles. The third kappa shape index (κ3) is 4.38. The van der Waals surface area contributed by atoms with Crippen LogP contribution in [0.15, 0.2) is 90.6 Å². The van der Waals surface area contributed by atoms with Gasteiger partial charge in [-0.2, -0.15) is 5.10 Å². The summed E-state index contributed by atoms with van der Waals surface area (Å²) in [5.41, 5.74) is 3.92. The number of amides is 1. The number of hydrogen-bond acceptors (Lipinski definition) is 5. The van der Waals surface area contributed by atoms with E-state index in [0.29, 0.717) is 24.5 Å². The number of carbonyl (C=O) groups excluding carboxylic acids is 1. The molecule has 5 aromatic rings. The van der Waals surface area contributed by atoms with Crippen molar-refractivity contribution in [2.24, 2.45) is 0 Å². The summed E-state index contributed by atoms with van der Waals surface area (Å²) in [5.74, 6) is 0.577. The van der Waals surface area contributed by atoms with Gasteiger partial charge in [0.25, 0.3) is 5.91 Å². The van der Waals surface area contributed by atoms with Gasteiger partial charge in [0, 0.05) is 16.6 Å². The van der Waals surface area contributed by atoms with E-state index in [9.17, 15) is 4.79 Å². The van der Waals surface area contributed by atoms with Gasteiger partial charge in [-0.15, -0.1) is 11.3 Å². The molecular weight excluding hydrogens is 420 g/mol. The van der Waals surface area contributed by atoms with Crippen LogP contribution in [-0.4, -0.2) is 20.5 Å². The molecule has 32 heavy (non-hydrogen) atoms. The van der Waals surface area contributed by atoms with Crippen LogP contribution in [-0.2, 0) is 13.2 Å². The van der Waals surface area contributed by atoms with Gasteiger partial charge in [-0.3, -0.25) is 4.79 Å². The number of aromatic nitrogens is 3. The molecule has 6 nitrogen and oxygen atoms in total. The Balaban J connectivity index is 1.32. The van der Waals surface area contributed by atoms with Crippen molar-refractivity contribution in [2.45, 2.75) is 13.2 Å². The van der Waals surface area contributed by atoms with Crippen LogP contribution in [0.5, 0.6) is 5.75 Å². The molecule has 0 spiro atoms. The summed E-state index contributed by atoms with van der Waals surface area (Å²) in [4.78, 5) is 18.2. The second-order valence-electron chi connectivity index (χ2n) is 7.20. The van der Waals surface area contributed by atoms with Gasteiger partial charge in [0.05, 0.1) is 12.7 Å². The number of carbonyl (C=O) groups is 1. The zero-order chi connectivity index (χ0) is 21.8. The Morgan fingerprint density at radius 2 is 1.84 bits per heavy atom. The fraction of sp³-hybridized carbons (Fsp3) is 0.0800. The lowest BCUT2D eigenvalue weighted by molar-refractivity contribution is 0.0946. The van der Waals surface area contributed by atoms with Crippen molar-refractivity contribution >= 4 is 22.9 Å². The molecule has 5 rings (SSSR count). The van der Waals surface area contributed by atoms with Gasteiger partial charge in [-0.25, -0.2) is 9.50 Å². The molecule has 0 saturated heterocycles. The summed E-state index contributed by atoms with van der Waals surface area (Å²) in [5, 5.41) is 9.28. The molecule has 1 N–H and O–H groups in total. The summed E-state index contributed by atoms with van der Waals surface area (Å²) in [6.45, 7) is 1.00. The Morgan fingerprint density at radius 3 is 2.62 bits per heavy atom. The number of thiophene rings is 1. The van der Waals surface area contributed by atoms with E-state index in [0.717, 1.165) is 27.3 Å². The molecule has 0 radical (unpaired) electrons. The minimum atomic E-state index is -0.210. The first-order valence-electron chi connectivity index (χ1n) is 10.2. The smallest absolute Gasteiger partial charge is 0.270 e. The van der Waals surface area contributed by atoms with E-state index in [2.05, 4.69) is 15.4 Å². The van der Waals surface area contributed by atoms with Gasteiger partial charge in [0.2, 0.25) is 0 Å². The fourth-order valence-corrected chi connectivity index (χ4v) is 3.99. The van der Waals surface area contributed by atoms with Crippen molar-refractivity contribution in [3.63, 3.8) is 0 Å². The molecule has 0 bridgehead atoms. The lowest BCUT2D eigenvalue weighted by atomic mass is 10.1. The van der Waals surface area contributed by atoms with Crippen molar-refractivity contribution in [1.29, 1.82) is 0 Å². The van der Waals surface area contributed by atoms with Gasteiger partial charge < -0.3 is 10.1 Å². The van der Waals surface area contributed by atoms with Crippen molar-refractivity contribution in [3.8, 4) is 16.9 Å². The van der Waals surface area contributed by atoms with Crippen LogP contribution in [0.25, 0.3) is 16.8 Å². The van der Waals surface area contributed by atoms with E-state index in [1.165, 1.54) is 0 Å². The van der Waals surface area contributed by atoms with Crippen LogP contribution in [0.1, 0.15) is 20.9 Å². The number of nitrogens with one attached hydrogen (secondary N) is 1. The minimum absolute atomic E-state index is 0.210. The average Bonchev–Trinajstić information content (AvgIpc) is 3.52. The monoisotopic (exact) mass is 440 g/mol. The van der Waals surface area contributed by atoms with Crippen LogP contribution in [0, 0.1) is 0 Å². The predicted molar refractivity (Wildman–Crippen MR) is 125 cm³/mol. The first-order valence-corrected chi connectivity index (χ1v) is 11.1. The van der Waals surface area contributed by atoms with Gasteiger partial charge in [-0.05, 0) is 40.8 Å². The highest BCUT2D eigenvalue weighted by molar-refractivity contribution is 7.09. The van der Waals surface area contributed by atoms with E-state index in [4.69, 9.17) is 4.74 Å². The first kappa shape index (κ1) is 20.0. The lowest BCUT2D eigenvalue weighted by Gasteiger charge is -2.07. The summed E-state index contributed by atoms with van der Waals surface area (Å²) in [7, 11) is 0. The van der Waals surface area contributed by atoms with Crippen molar-refractivity contribution in [1.82, 2.24) is 19.9 Å². The van der Waals surface area contributed by atoms with Crippen molar-refractivity contribution in [2.75, 3.05) is 0 Å². The summed E-state index contributed by atoms with van der Waals surface area (Å²) >= 11 is 1.61. The summed E-state index contributed by atoms with van der Waals surface area (Å²) in [6, 6.07) is 23.5. The quantitative estimate of drug-likeness (QED) is 0.388. The molecule has 0 fully saturated rings. The number of hydrogen-bond donors (Lipinski definition) is 1. The van der Waals surface area contributed by atoms with E-state index in [1.54, 1.807) is 34.3 Å². The molecule has 0 atom stereocenters. The number of fused-ring (bicyclic) bond motifs is 1. The topological polar surface area (TPSA) is 68.5 Å². The molecule has 1 amide bonds. The third-order valence-electron chi connectivity index (χ3n) is 5.02. The second kappa shape index (κ2) is 9.03. The second-order valence-corrected chi connectivity index (χ2v) is 8.23. The molecule has 0 aliphatic rings. The minimum Gasteiger partial charge on any atom is -0.489 e. The molecule has 7 heteroatoms. The Hall–Kier alpha value is -3.97. The van der Waals surface area contributed by atoms with Crippen LogP contribution in [0.2, 0.25) is 0 Å². The SMILES string of the molecule is O=C(NCc1cccs1)c1ccn2ncc(-c3ccc(OCc4ccccc4)cc3)c2n1. The molecular formula is C25H20N4O2S. The van der Waals surface area contributed by atoms with E-state index < -0.39 is 0 Å². The molecule has 0 aliphatic heterocycles. The van der Waals surface area contributed by atoms with Crippen LogP contribution < -0.4 is 10.1 Å². The van der Waals surface area contributed by atoms with Crippen molar-refractivity contribution in [3.05, 3.63) is 107 Å². The molecule has 0 saturated carbocycles. The third-order valence-corrected chi connectivity index (χ3v) is 5.90. The Kier molecular flexibility index (Phi) is 5.63. The fourth-order valence-electron chi connectivity index (χ4n) is 3.34. The number of ether oxygens (including phenoxy) is 1. The maximum absolute atomic E-state index is 12.6.